The zero-order valence-electron chi connectivity index (χ0n) is 12.4. The number of urea groups is 1. The van der Waals surface area contributed by atoms with Crippen molar-refractivity contribution in [3.05, 3.63) is 52.5 Å². The van der Waals surface area contributed by atoms with E-state index in [0.29, 0.717) is 23.7 Å². The fourth-order valence-corrected chi connectivity index (χ4v) is 2.12. The van der Waals surface area contributed by atoms with E-state index in [0.717, 1.165) is 10.0 Å². The van der Waals surface area contributed by atoms with Crippen molar-refractivity contribution in [3.63, 3.8) is 0 Å². The van der Waals surface area contributed by atoms with Crippen LogP contribution in [0.15, 0.2) is 46.9 Å². The van der Waals surface area contributed by atoms with Crippen LogP contribution in [0.1, 0.15) is 5.56 Å². The van der Waals surface area contributed by atoms with Crippen LogP contribution in [0.2, 0.25) is 0 Å². The van der Waals surface area contributed by atoms with Gasteiger partial charge in [0.15, 0.2) is 0 Å². The van der Waals surface area contributed by atoms with E-state index < -0.39 is 0 Å². The summed E-state index contributed by atoms with van der Waals surface area (Å²) < 4.78 is 11.4. The first-order valence-electron chi connectivity index (χ1n) is 6.63. The summed E-state index contributed by atoms with van der Waals surface area (Å²) >= 11 is 3.37. The van der Waals surface area contributed by atoms with Gasteiger partial charge in [-0.3, -0.25) is 0 Å². The molecule has 2 N–H and O–H groups in total. The van der Waals surface area contributed by atoms with Crippen LogP contribution in [0.25, 0.3) is 0 Å². The standard InChI is InChI=1S/C16H17BrN2O3/c1-21-13-7-8-14(15(9-13)22-2)19-16(20)18-10-11-3-5-12(17)6-4-11/h3-9H,10H2,1-2H3,(H2,18,19,20). The van der Waals surface area contributed by atoms with Crippen molar-refractivity contribution in [3.8, 4) is 11.5 Å². The molecule has 22 heavy (non-hydrogen) atoms. The smallest absolute Gasteiger partial charge is 0.319 e. The number of benzene rings is 2. The molecule has 0 radical (unpaired) electrons. The maximum absolute atomic E-state index is 12.0. The number of amides is 2. The van der Waals surface area contributed by atoms with Crippen molar-refractivity contribution >= 4 is 27.6 Å². The second kappa shape index (κ2) is 7.70. The van der Waals surface area contributed by atoms with Gasteiger partial charge in [0, 0.05) is 17.1 Å². The molecule has 2 amide bonds. The van der Waals surface area contributed by atoms with Crippen LogP contribution in [0.3, 0.4) is 0 Å². The Labute approximate surface area is 137 Å². The molecule has 2 aromatic rings. The SMILES string of the molecule is COc1ccc(NC(=O)NCc2ccc(Br)cc2)c(OC)c1. The normalized spacial score (nSPS) is 9.95. The quantitative estimate of drug-likeness (QED) is 0.848. The molecule has 6 heteroatoms. The second-order valence-electron chi connectivity index (χ2n) is 4.50. The van der Waals surface area contributed by atoms with E-state index in [1.165, 1.54) is 0 Å². The van der Waals surface area contributed by atoms with Crippen molar-refractivity contribution in [1.29, 1.82) is 0 Å². The van der Waals surface area contributed by atoms with E-state index in [1.807, 2.05) is 24.3 Å². The molecule has 5 nitrogen and oxygen atoms in total. The highest BCUT2D eigenvalue weighted by atomic mass is 79.9. The molecule has 0 heterocycles. The van der Waals surface area contributed by atoms with Gasteiger partial charge in [0.05, 0.1) is 19.9 Å². The fraction of sp³-hybridized carbons (Fsp3) is 0.188. The largest absolute Gasteiger partial charge is 0.497 e. The molecule has 116 valence electrons. The third kappa shape index (κ3) is 4.39. The summed E-state index contributed by atoms with van der Waals surface area (Å²) in [4.78, 5) is 12.0. The lowest BCUT2D eigenvalue weighted by molar-refractivity contribution is 0.251. The predicted octanol–water partition coefficient (Wildman–Crippen LogP) is 3.79. The Bertz CT molecular complexity index is 644. The van der Waals surface area contributed by atoms with Gasteiger partial charge in [-0.15, -0.1) is 0 Å². The number of hydrogen-bond acceptors (Lipinski definition) is 3. The molecule has 0 unspecified atom stereocenters. The van der Waals surface area contributed by atoms with E-state index in [9.17, 15) is 4.79 Å². The summed E-state index contributed by atoms with van der Waals surface area (Å²) in [5, 5.41) is 5.55. The lowest BCUT2D eigenvalue weighted by Crippen LogP contribution is -2.28. The number of carbonyl (C=O) groups is 1. The molecule has 0 bridgehead atoms. The van der Waals surface area contributed by atoms with E-state index in [4.69, 9.17) is 9.47 Å². The van der Waals surface area contributed by atoms with Gasteiger partial charge in [0.1, 0.15) is 11.5 Å². The van der Waals surface area contributed by atoms with Gasteiger partial charge < -0.3 is 20.1 Å². The van der Waals surface area contributed by atoms with Gasteiger partial charge in [-0.05, 0) is 29.8 Å². The van der Waals surface area contributed by atoms with Crippen LogP contribution < -0.4 is 20.1 Å². The molecule has 0 aliphatic carbocycles. The van der Waals surface area contributed by atoms with Crippen LogP contribution in [0.5, 0.6) is 11.5 Å². The zero-order chi connectivity index (χ0) is 15.9. The molecule has 0 spiro atoms. The Balaban J connectivity index is 1.95. The molecule has 2 aromatic carbocycles. The van der Waals surface area contributed by atoms with Crippen LogP contribution in [-0.2, 0) is 6.54 Å². The first-order chi connectivity index (χ1) is 10.6. The minimum absolute atomic E-state index is 0.300. The van der Waals surface area contributed by atoms with E-state index in [1.54, 1.807) is 32.4 Å². The summed E-state index contributed by atoms with van der Waals surface area (Å²) in [6.45, 7) is 0.442. The Kier molecular flexibility index (Phi) is 5.66. The Morgan fingerprint density at radius 3 is 2.45 bits per heavy atom. The Morgan fingerprint density at radius 1 is 1.09 bits per heavy atom. The van der Waals surface area contributed by atoms with Crippen molar-refractivity contribution in [2.24, 2.45) is 0 Å². The topological polar surface area (TPSA) is 59.6 Å². The maximum atomic E-state index is 12.0. The third-order valence-electron chi connectivity index (χ3n) is 3.02. The predicted molar refractivity (Wildman–Crippen MR) is 89.5 cm³/mol. The molecule has 0 atom stereocenters. The highest BCUT2D eigenvalue weighted by Crippen LogP contribution is 2.28. The number of rotatable bonds is 5. The number of methoxy groups -OCH3 is 2. The molecular weight excluding hydrogens is 348 g/mol. The molecule has 0 fully saturated rings. The van der Waals surface area contributed by atoms with Crippen molar-refractivity contribution in [2.75, 3.05) is 19.5 Å². The number of halogens is 1. The summed E-state index contributed by atoms with van der Waals surface area (Å²) in [5.41, 5.74) is 1.59. The maximum Gasteiger partial charge on any atom is 0.319 e. The molecular formula is C16H17BrN2O3. The number of ether oxygens (including phenoxy) is 2. The van der Waals surface area contributed by atoms with Crippen LogP contribution in [0.4, 0.5) is 10.5 Å². The van der Waals surface area contributed by atoms with Crippen LogP contribution in [-0.4, -0.2) is 20.3 Å². The van der Waals surface area contributed by atoms with E-state index in [2.05, 4.69) is 26.6 Å². The molecule has 0 saturated carbocycles. The van der Waals surface area contributed by atoms with Crippen molar-refractivity contribution in [1.82, 2.24) is 5.32 Å². The van der Waals surface area contributed by atoms with Gasteiger partial charge >= 0.3 is 6.03 Å². The number of hydrogen-bond donors (Lipinski definition) is 2. The molecule has 0 aliphatic heterocycles. The monoisotopic (exact) mass is 364 g/mol. The molecule has 0 aromatic heterocycles. The first-order valence-corrected chi connectivity index (χ1v) is 7.43. The summed E-state index contributed by atoms with van der Waals surface area (Å²) in [6, 6.07) is 12.7. The molecule has 2 rings (SSSR count). The van der Waals surface area contributed by atoms with E-state index >= 15 is 0 Å². The highest BCUT2D eigenvalue weighted by Gasteiger charge is 2.08. The van der Waals surface area contributed by atoms with Gasteiger partial charge in [-0.2, -0.15) is 0 Å². The number of nitrogens with one attached hydrogen (secondary N) is 2. The van der Waals surface area contributed by atoms with Crippen LogP contribution in [0, 0.1) is 0 Å². The average molecular weight is 365 g/mol. The molecule has 0 aliphatic rings. The van der Waals surface area contributed by atoms with Gasteiger partial charge in [-0.1, -0.05) is 28.1 Å². The van der Waals surface area contributed by atoms with E-state index in [-0.39, 0.29) is 6.03 Å². The average Bonchev–Trinajstić information content (AvgIpc) is 2.54. The summed E-state index contributed by atoms with van der Waals surface area (Å²) in [6.07, 6.45) is 0. The summed E-state index contributed by atoms with van der Waals surface area (Å²) in [7, 11) is 3.12. The minimum Gasteiger partial charge on any atom is -0.497 e. The van der Waals surface area contributed by atoms with Gasteiger partial charge in [0.25, 0.3) is 0 Å². The van der Waals surface area contributed by atoms with Gasteiger partial charge in [-0.25, -0.2) is 4.79 Å². The van der Waals surface area contributed by atoms with Gasteiger partial charge in [0.2, 0.25) is 0 Å². The Hall–Kier alpha value is -2.21. The fourth-order valence-electron chi connectivity index (χ4n) is 1.85. The lowest BCUT2D eigenvalue weighted by Gasteiger charge is -2.12. The number of carbonyl (C=O) groups excluding carboxylic acids is 1. The van der Waals surface area contributed by atoms with Crippen LogP contribution >= 0.6 is 15.9 Å². The Morgan fingerprint density at radius 2 is 1.82 bits per heavy atom. The molecule has 0 saturated heterocycles. The van der Waals surface area contributed by atoms with Crippen molar-refractivity contribution < 1.29 is 14.3 Å². The third-order valence-corrected chi connectivity index (χ3v) is 3.55. The zero-order valence-corrected chi connectivity index (χ0v) is 13.9. The highest BCUT2D eigenvalue weighted by molar-refractivity contribution is 9.10. The second-order valence-corrected chi connectivity index (χ2v) is 5.42. The summed E-state index contributed by atoms with van der Waals surface area (Å²) in [5.74, 6) is 1.20. The number of anilines is 1. The lowest BCUT2D eigenvalue weighted by atomic mass is 10.2. The van der Waals surface area contributed by atoms with Crippen molar-refractivity contribution in [2.45, 2.75) is 6.54 Å². The first kappa shape index (κ1) is 16.2. The minimum atomic E-state index is -0.300.